The second-order valence-electron chi connectivity index (χ2n) is 14.0. The van der Waals surface area contributed by atoms with Gasteiger partial charge in [-0.25, -0.2) is 8.78 Å². The molecule has 1 aromatic heterocycles. The van der Waals surface area contributed by atoms with Crippen molar-refractivity contribution < 1.29 is 23.4 Å². The van der Waals surface area contributed by atoms with Crippen LogP contribution in [-0.2, 0) is 11.2 Å². The van der Waals surface area contributed by atoms with E-state index in [0.29, 0.717) is 70.9 Å². The van der Waals surface area contributed by atoms with Gasteiger partial charge in [-0.2, -0.15) is 9.97 Å². The summed E-state index contributed by atoms with van der Waals surface area (Å²) in [6.45, 7) is 5.56. The monoisotopic (exact) mass is 653 g/mol. The zero-order valence-corrected chi connectivity index (χ0v) is 27.5. The lowest BCUT2D eigenvalue weighted by atomic mass is 9.89. The fraction of sp³-hybridized carbons (Fsp3) is 0.474. The van der Waals surface area contributed by atoms with E-state index in [0.717, 1.165) is 58.2 Å². The molecule has 4 saturated heterocycles. The number of phenols is 1. The van der Waals surface area contributed by atoms with E-state index in [9.17, 15) is 5.11 Å². The summed E-state index contributed by atoms with van der Waals surface area (Å²) in [5.74, 6) is 1.90. The Kier molecular flexibility index (Phi) is 7.90. The number of aromatic hydroxyl groups is 1. The van der Waals surface area contributed by atoms with Crippen molar-refractivity contribution in [2.75, 3.05) is 44.9 Å². The Balaban J connectivity index is 1.29. The van der Waals surface area contributed by atoms with Gasteiger partial charge in [-0.3, -0.25) is 4.90 Å². The number of phenolic OH excluding ortho intramolecular Hbond substituents is 1. The minimum atomic E-state index is -0.579. The third kappa shape index (κ3) is 5.06. The normalized spacial score (nSPS) is 25.2. The highest BCUT2D eigenvalue weighted by Gasteiger charge is 2.50. The highest BCUT2D eigenvalue weighted by molar-refractivity contribution is 6.05. The first-order chi connectivity index (χ1) is 23.3. The van der Waals surface area contributed by atoms with Crippen LogP contribution in [0.25, 0.3) is 32.8 Å². The van der Waals surface area contributed by atoms with Gasteiger partial charge in [0.2, 0.25) is 0 Å². The molecule has 48 heavy (non-hydrogen) atoms. The van der Waals surface area contributed by atoms with Gasteiger partial charge in [0.15, 0.2) is 5.82 Å². The number of ether oxygens (including phenoxy) is 2. The molecule has 8 nitrogen and oxygen atoms in total. The number of hydrogen-bond donors (Lipinski definition) is 2. The smallest absolute Gasteiger partial charge is 0.319 e. The van der Waals surface area contributed by atoms with Crippen molar-refractivity contribution in [3.8, 4) is 35.2 Å². The molecule has 0 spiro atoms. The molecule has 5 heterocycles. The summed E-state index contributed by atoms with van der Waals surface area (Å²) in [5, 5.41) is 15.9. The van der Waals surface area contributed by atoms with Crippen molar-refractivity contribution >= 4 is 27.5 Å². The van der Waals surface area contributed by atoms with Crippen molar-refractivity contribution in [2.24, 2.45) is 0 Å². The maximum Gasteiger partial charge on any atom is 0.319 e. The number of rotatable bonds is 8. The van der Waals surface area contributed by atoms with E-state index in [4.69, 9.17) is 25.9 Å². The summed E-state index contributed by atoms with van der Waals surface area (Å²) in [6.07, 6.45) is 12.6. The van der Waals surface area contributed by atoms with Crippen LogP contribution >= 0.6 is 0 Å². The molecule has 250 valence electrons. The van der Waals surface area contributed by atoms with Gasteiger partial charge < -0.3 is 24.8 Å². The zero-order chi connectivity index (χ0) is 33.2. The fourth-order valence-corrected chi connectivity index (χ4v) is 9.03. The van der Waals surface area contributed by atoms with E-state index in [1.807, 2.05) is 13.0 Å². The third-order valence-electron chi connectivity index (χ3n) is 11.2. The Morgan fingerprint density at radius 2 is 1.92 bits per heavy atom. The molecule has 0 radical (unpaired) electrons. The SMILES string of the molecule is C#Cc1c(F)ccc2cc(O)cc(-c3c(CC)cc4c(N5CC6CCC(C5)N6)nc(OCC56CCCN5C(COC)CC6)nc4c3F)c12. The molecule has 4 aliphatic rings. The summed E-state index contributed by atoms with van der Waals surface area (Å²) in [6, 6.07) is 8.93. The first-order valence-corrected chi connectivity index (χ1v) is 17.2. The van der Waals surface area contributed by atoms with E-state index in [-0.39, 0.29) is 33.9 Å². The lowest BCUT2D eigenvalue weighted by molar-refractivity contribution is 0.0521. The van der Waals surface area contributed by atoms with Gasteiger partial charge in [0.25, 0.3) is 0 Å². The first kappa shape index (κ1) is 31.2. The van der Waals surface area contributed by atoms with Gasteiger partial charge >= 0.3 is 6.01 Å². The minimum absolute atomic E-state index is 0.0245. The highest BCUT2D eigenvalue weighted by Crippen LogP contribution is 2.45. The Hall–Kier alpha value is -4.04. The van der Waals surface area contributed by atoms with Gasteiger partial charge in [0.05, 0.1) is 17.7 Å². The van der Waals surface area contributed by atoms with Gasteiger partial charge in [-0.15, -0.1) is 6.42 Å². The van der Waals surface area contributed by atoms with Crippen LogP contribution in [0.15, 0.2) is 30.3 Å². The lowest BCUT2D eigenvalue weighted by Gasteiger charge is -2.35. The number of halogens is 2. The maximum atomic E-state index is 17.4. The van der Waals surface area contributed by atoms with E-state index >= 15 is 8.78 Å². The van der Waals surface area contributed by atoms with Crippen LogP contribution in [0.3, 0.4) is 0 Å². The number of benzene rings is 3. The molecule has 0 amide bonds. The molecule has 10 heteroatoms. The molecule has 2 N–H and O–H groups in total. The average Bonchev–Trinajstić information content (AvgIpc) is 3.76. The minimum Gasteiger partial charge on any atom is -0.508 e. The van der Waals surface area contributed by atoms with Gasteiger partial charge in [-0.1, -0.05) is 18.9 Å². The Morgan fingerprint density at radius 3 is 2.67 bits per heavy atom. The summed E-state index contributed by atoms with van der Waals surface area (Å²) >= 11 is 0. The van der Waals surface area contributed by atoms with Gasteiger partial charge in [0.1, 0.15) is 29.5 Å². The number of aromatic nitrogens is 2. The van der Waals surface area contributed by atoms with E-state index < -0.39 is 11.6 Å². The highest BCUT2D eigenvalue weighted by atomic mass is 19.1. The van der Waals surface area contributed by atoms with Crippen LogP contribution in [0, 0.1) is 24.0 Å². The number of aryl methyl sites for hydroxylation is 1. The maximum absolute atomic E-state index is 17.4. The second kappa shape index (κ2) is 12.1. The molecule has 4 aromatic rings. The van der Waals surface area contributed by atoms with Crippen molar-refractivity contribution in [2.45, 2.75) is 75.5 Å². The molecule has 4 unspecified atom stereocenters. The van der Waals surface area contributed by atoms with E-state index in [1.165, 1.54) is 18.2 Å². The summed E-state index contributed by atoms with van der Waals surface area (Å²) in [5.41, 5.74) is 1.28. The fourth-order valence-electron chi connectivity index (χ4n) is 9.03. The standard InChI is InChI=1S/C38H41F2N5O3/c1-4-22-16-30-35(34(40)33(22)29-17-27(46)15-23-7-10-31(39)28(5-2)32(23)29)42-37(43-36(30)44-18-24-8-9-25(19-44)41-24)48-21-38-12-6-14-45(38)26(11-13-38)20-47-3/h2,7,10,15-17,24-26,41,46H,4,6,8-9,11-14,18-21H2,1,3H3. The van der Waals surface area contributed by atoms with Crippen LogP contribution < -0.4 is 15.0 Å². The number of hydrogen-bond acceptors (Lipinski definition) is 8. The van der Waals surface area contributed by atoms with Gasteiger partial charge in [0, 0.05) is 54.7 Å². The van der Waals surface area contributed by atoms with Crippen LogP contribution in [-0.4, -0.2) is 83.6 Å². The largest absolute Gasteiger partial charge is 0.508 e. The molecule has 3 aromatic carbocycles. The van der Waals surface area contributed by atoms with Crippen molar-refractivity contribution in [1.82, 2.24) is 20.2 Å². The number of fused-ring (bicyclic) bond motifs is 5. The Labute approximate surface area is 279 Å². The predicted molar refractivity (Wildman–Crippen MR) is 183 cm³/mol. The molecule has 4 atom stereocenters. The van der Waals surface area contributed by atoms with E-state index in [1.54, 1.807) is 13.2 Å². The number of methoxy groups -OCH3 is 1. The summed E-state index contributed by atoms with van der Waals surface area (Å²) in [7, 11) is 1.75. The lowest BCUT2D eigenvalue weighted by Crippen LogP contribution is -2.51. The molecule has 2 bridgehead atoms. The molecular formula is C38H41F2N5O3. The van der Waals surface area contributed by atoms with Gasteiger partial charge in [-0.05, 0) is 92.3 Å². The molecule has 8 rings (SSSR count). The molecule has 0 saturated carbocycles. The van der Waals surface area contributed by atoms with Crippen molar-refractivity contribution in [1.29, 1.82) is 0 Å². The third-order valence-corrected chi connectivity index (χ3v) is 11.2. The predicted octanol–water partition coefficient (Wildman–Crippen LogP) is 5.94. The van der Waals surface area contributed by atoms with Crippen molar-refractivity contribution in [3.05, 3.63) is 53.1 Å². The number of piperazine rings is 1. The van der Waals surface area contributed by atoms with Crippen LogP contribution in [0.1, 0.15) is 56.6 Å². The molecule has 4 fully saturated rings. The van der Waals surface area contributed by atoms with Crippen molar-refractivity contribution in [3.63, 3.8) is 0 Å². The van der Waals surface area contributed by atoms with E-state index in [2.05, 4.69) is 21.0 Å². The summed E-state index contributed by atoms with van der Waals surface area (Å²) < 4.78 is 44.4. The Bertz CT molecular complexity index is 1950. The van der Waals surface area contributed by atoms with Crippen LogP contribution in [0.4, 0.5) is 14.6 Å². The number of anilines is 1. The van der Waals surface area contributed by atoms with Crippen LogP contribution in [0.5, 0.6) is 11.8 Å². The average molecular weight is 654 g/mol. The molecule has 0 aliphatic carbocycles. The second-order valence-corrected chi connectivity index (χ2v) is 14.0. The topological polar surface area (TPSA) is 83.0 Å². The number of nitrogens with one attached hydrogen (secondary N) is 1. The zero-order valence-electron chi connectivity index (χ0n) is 27.5. The molecular weight excluding hydrogens is 612 g/mol. The molecule has 4 aliphatic heterocycles. The summed E-state index contributed by atoms with van der Waals surface area (Å²) in [4.78, 5) is 14.5. The Morgan fingerprint density at radius 1 is 1.10 bits per heavy atom. The number of nitrogens with zero attached hydrogens (tertiary/aromatic N) is 4. The quantitative estimate of drug-likeness (QED) is 0.226. The number of terminal acetylenes is 1. The van der Waals surface area contributed by atoms with Crippen LogP contribution in [0.2, 0.25) is 0 Å². The first-order valence-electron chi connectivity index (χ1n) is 17.2.